The first kappa shape index (κ1) is 17.1. The molecule has 114 valence electrons. The minimum Gasteiger partial charge on any atom is -0.493 e. The SMILES string of the molecule is CCCCOc1ccc(C(C)(C)CC(C)(C)C)cc1C. The summed E-state index contributed by atoms with van der Waals surface area (Å²) in [6.45, 7) is 16.8. The number of unbranched alkanes of at least 4 members (excludes halogenated alkanes) is 1. The van der Waals surface area contributed by atoms with E-state index in [9.17, 15) is 0 Å². The Morgan fingerprint density at radius 2 is 1.70 bits per heavy atom. The van der Waals surface area contributed by atoms with Crippen molar-refractivity contribution in [1.82, 2.24) is 0 Å². The molecule has 0 aromatic heterocycles. The molecule has 0 atom stereocenters. The van der Waals surface area contributed by atoms with E-state index in [-0.39, 0.29) is 5.41 Å². The molecule has 0 N–H and O–H groups in total. The average molecular weight is 276 g/mol. The van der Waals surface area contributed by atoms with Gasteiger partial charge in [0.05, 0.1) is 6.61 Å². The van der Waals surface area contributed by atoms with Gasteiger partial charge in [-0.1, -0.05) is 60.1 Å². The van der Waals surface area contributed by atoms with E-state index in [0.29, 0.717) is 5.41 Å². The fourth-order valence-corrected chi connectivity index (χ4v) is 2.99. The molecule has 1 aromatic carbocycles. The van der Waals surface area contributed by atoms with Crippen molar-refractivity contribution in [2.45, 2.75) is 73.1 Å². The van der Waals surface area contributed by atoms with E-state index in [0.717, 1.165) is 18.8 Å². The Kier molecular flexibility index (Phi) is 5.68. The number of rotatable bonds is 6. The lowest BCUT2D eigenvalue weighted by atomic mass is 9.72. The molecule has 20 heavy (non-hydrogen) atoms. The second-order valence-corrected chi connectivity index (χ2v) is 7.80. The third-order valence-electron chi connectivity index (χ3n) is 3.68. The van der Waals surface area contributed by atoms with Gasteiger partial charge in [0.25, 0.3) is 0 Å². The summed E-state index contributed by atoms with van der Waals surface area (Å²) in [4.78, 5) is 0. The molecule has 0 radical (unpaired) electrons. The monoisotopic (exact) mass is 276 g/mol. The quantitative estimate of drug-likeness (QED) is 0.589. The molecule has 0 fully saturated rings. The molecule has 1 rings (SSSR count). The summed E-state index contributed by atoms with van der Waals surface area (Å²) in [5.74, 6) is 1.04. The fraction of sp³-hybridized carbons (Fsp3) is 0.684. The smallest absolute Gasteiger partial charge is 0.122 e. The molecule has 0 saturated heterocycles. The average Bonchev–Trinajstić information content (AvgIpc) is 2.28. The van der Waals surface area contributed by atoms with Crippen molar-refractivity contribution in [2.75, 3.05) is 6.61 Å². The van der Waals surface area contributed by atoms with E-state index in [1.54, 1.807) is 0 Å². The highest BCUT2D eigenvalue weighted by molar-refractivity contribution is 5.39. The van der Waals surface area contributed by atoms with Crippen LogP contribution >= 0.6 is 0 Å². The van der Waals surface area contributed by atoms with E-state index in [2.05, 4.69) is 66.7 Å². The number of hydrogen-bond acceptors (Lipinski definition) is 1. The maximum absolute atomic E-state index is 5.85. The van der Waals surface area contributed by atoms with Crippen molar-refractivity contribution < 1.29 is 4.74 Å². The van der Waals surface area contributed by atoms with Gasteiger partial charge in [0, 0.05) is 0 Å². The standard InChI is InChI=1S/C19H32O/c1-8-9-12-20-17-11-10-16(13-15(17)2)19(6,7)14-18(3,4)5/h10-11,13H,8-9,12,14H2,1-7H3. The minimum absolute atomic E-state index is 0.199. The van der Waals surface area contributed by atoms with Crippen LogP contribution in [0.15, 0.2) is 18.2 Å². The van der Waals surface area contributed by atoms with Gasteiger partial charge in [0.2, 0.25) is 0 Å². The van der Waals surface area contributed by atoms with Gasteiger partial charge < -0.3 is 4.74 Å². The highest BCUT2D eigenvalue weighted by Gasteiger charge is 2.27. The Morgan fingerprint density at radius 1 is 1.05 bits per heavy atom. The third kappa shape index (κ3) is 5.19. The van der Waals surface area contributed by atoms with Crippen LogP contribution in [0.5, 0.6) is 5.75 Å². The van der Waals surface area contributed by atoms with Gasteiger partial charge in [-0.05, 0) is 47.8 Å². The van der Waals surface area contributed by atoms with Crippen LogP contribution in [0.3, 0.4) is 0 Å². The molecule has 0 aliphatic carbocycles. The third-order valence-corrected chi connectivity index (χ3v) is 3.68. The lowest BCUT2D eigenvalue weighted by Gasteiger charge is -2.33. The predicted octanol–water partition coefficient (Wildman–Crippen LogP) is 5.89. The highest BCUT2D eigenvalue weighted by atomic mass is 16.5. The molecule has 0 bridgehead atoms. The van der Waals surface area contributed by atoms with Crippen molar-refractivity contribution in [3.8, 4) is 5.75 Å². The van der Waals surface area contributed by atoms with Gasteiger partial charge in [-0.25, -0.2) is 0 Å². The Hall–Kier alpha value is -0.980. The van der Waals surface area contributed by atoms with Gasteiger partial charge in [0.1, 0.15) is 5.75 Å². The molecule has 0 unspecified atom stereocenters. The Bertz CT molecular complexity index is 424. The summed E-state index contributed by atoms with van der Waals surface area (Å²) in [6.07, 6.45) is 3.47. The van der Waals surface area contributed by atoms with Crippen LogP contribution in [0, 0.1) is 12.3 Å². The van der Waals surface area contributed by atoms with Gasteiger partial charge in [0.15, 0.2) is 0 Å². The van der Waals surface area contributed by atoms with Crippen molar-refractivity contribution in [3.05, 3.63) is 29.3 Å². The summed E-state index contributed by atoms with van der Waals surface area (Å²) >= 11 is 0. The van der Waals surface area contributed by atoms with Crippen LogP contribution < -0.4 is 4.74 Å². The summed E-state index contributed by atoms with van der Waals surface area (Å²) in [5, 5.41) is 0. The molecule has 0 heterocycles. The van der Waals surface area contributed by atoms with Crippen LogP contribution in [0.1, 0.15) is 71.9 Å². The number of benzene rings is 1. The fourth-order valence-electron chi connectivity index (χ4n) is 2.99. The summed E-state index contributed by atoms with van der Waals surface area (Å²) in [7, 11) is 0. The van der Waals surface area contributed by atoms with Crippen LogP contribution in [-0.4, -0.2) is 6.61 Å². The zero-order valence-electron chi connectivity index (χ0n) is 14.5. The van der Waals surface area contributed by atoms with Gasteiger partial charge in [-0.15, -0.1) is 0 Å². The summed E-state index contributed by atoms with van der Waals surface area (Å²) in [5.41, 5.74) is 3.20. The van der Waals surface area contributed by atoms with Crippen LogP contribution in [0.2, 0.25) is 0 Å². The molecule has 0 spiro atoms. The second kappa shape index (κ2) is 6.65. The Morgan fingerprint density at radius 3 is 2.20 bits per heavy atom. The minimum atomic E-state index is 0.199. The highest BCUT2D eigenvalue weighted by Crippen LogP contribution is 2.37. The molecule has 1 nitrogen and oxygen atoms in total. The summed E-state index contributed by atoms with van der Waals surface area (Å²) < 4.78 is 5.85. The number of hydrogen-bond donors (Lipinski definition) is 0. The first-order valence-corrected chi connectivity index (χ1v) is 7.90. The lowest BCUT2D eigenvalue weighted by molar-refractivity contribution is 0.283. The van der Waals surface area contributed by atoms with E-state index in [1.165, 1.54) is 24.0 Å². The van der Waals surface area contributed by atoms with E-state index in [4.69, 9.17) is 4.74 Å². The molecule has 0 aliphatic heterocycles. The molecule has 0 amide bonds. The Balaban J connectivity index is 2.85. The van der Waals surface area contributed by atoms with Crippen LogP contribution in [0.25, 0.3) is 0 Å². The normalized spacial score (nSPS) is 12.6. The molecule has 1 heteroatoms. The molecule has 1 aromatic rings. The van der Waals surface area contributed by atoms with Crippen molar-refractivity contribution in [2.24, 2.45) is 5.41 Å². The zero-order valence-corrected chi connectivity index (χ0v) is 14.5. The zero-order chi connectivity index (χ0) is 15.4. The second-order valence-electron chi connectivity index (χ2n) is 7.80. The van der Waals surface area contributed by atoms with Gasteiger partial charge in [-0.3, -0.25) is 0 Å². The largest absolute Gasteiger partial charge is 0.493 e. The predicted molar refractivity (Wildman–Crippen MR) is 88.7 cm³/mol. The molecule has 0 aliphatic rings. The van der Waals surface area contributed by atoms with E-state index in [1.807, 2.05) is 0 Å². The maximum Gasteiger partial charge on any atom is 0.122 e. The summed E-state index contributed by atoms with van der Waals surface area (Å²) in [6, 6.07) is 6.68. The van der Waals surface area contributed by atoms with Crippen molar-refractivity contribution in [1.29, 1.82) is 0 Å². The van der Waals surface area contributed by atoms with Crippen molar-refractivity contribution in [3.63, 3.8) is 0 Å². The van der Waals surface area contributed by atoms with E-state index >= 15 is 0 Å². The topological polar surface area (TPSA) is 9.23 Å². The van der Waals surface area contributed by atoms with Crippen LogP contribution in [0.4, 0.5) is 0 Å². The molecular weight excluding hydrogens is 244 g/mol. The maximum atomic E-state index is 5.85. The first-order chi connectivity index (χ1) is 9.15. The van der Waals surface area contributed by atoms with E-state index < -0.39 is 0 Å². The number of ether oxygens (including phenoxy) is 1. The first-order valence-electron chi connectivity index (χ1n) is 7.90. The lowest BCUT2D eigenvalue weighted by Crippen LogP contribution is -2.24. The van der Waals surface area contributed by atoms with Gasteiger partial charge >= 0.3 is 0 Å². The number of aryl methyl sites for hydroxylation is 1. The van der Waals surface area contributed by atoms with Crippen molar-refractivity contribution >= 4 is 0 Å². The van der Waals surface area contributed by atoms with Gasteiger partial charge in [-0.2, -0.15) is 0 Å². The van der Waals surface area contributed by atoms with Crippen LogP contribution in [-0.2, 0) is 5.41 Å². The Labute approximate surface area is 125 Å². The molecule has 0 saturated carbocycles. The molecular formula is C19H32O.